The van der Waals surface area contributed by atoms with E-state index >= 15 is 0 Å². The van der Waals surface area contributed by atoms with Crippen molar-refractivity contribution < 1.29 is 22.7 Å². The zero-order chi connectivity index (χ0) is 22.3. The molecule has 0 radical (unpaired) electrons. The Morgan fingerprint density at radius 1 is 1.12 bits per heavy atom. The van der Waals surface area contributed by atoms with E-state index in [1.807, 2.05) is 30.3 Å². The highest BCUT2D eigenvalue weighted by molar-refractivity contribution is 5.93. The Hall–Kier alpha value is -3.46. The standard InChI is InChI=1S/C23H19F3N4O2/c24-23(25,26)20-11-18(16-8-7-14-4-1-2-5-15(14)10-16)28-21-12-19(29-30(20)21)22(31)27-13-17-6-3-9-32-17/h1-2,4-5,7-8,10-12,17H,3,6,9,13H2,(H,27,31)/t17-/m1/s1. The van der Waals surface area contributed by atoms with Gasteiger partial charge in [0.25, 0.3) is 5.91 Å². The molecule has 9 heteroatoms. The van der Waals surface area contributed by atoms with Crippen LogP contribution in [0.1, 0.15) is 29.0 Å². The topological polar surface area (TPSA) is 68.5 Å². The van der Waals surface area contributed by atoms with E-state index in [1.54, 1.807) is 12.1 Å². The fourth-order valence-electron chi connectivity index (χ4n) is 3.89. The summed E-state index contributed by atoms with van der Waals surface area (Å²) >= 11 is 0. The van der Waals surface area contributed by atoms with Gasteiger partial charge in [0.2, 0.25) is 0 Å². The molecular formula is C23H19F3N4O2. The summed E-state index contributed by atoms with van der Waals surface area (Å²) in [7, 11) is 0. The van der Waals surface area contributed by atoms with Gasteiger partial charge in [-0.25, -0.2) is 9.50 Å². The number of benzene rings is 2. The summed E-state index contributed by atoms with van der Waals surface area (Å²) in [5.74, 6) is -0.564. The molecule has 1 N–H and O–H groups in total. The predicted octanol–water partition coefficient (Wildman–Crippen LogP) is 4.48. The van der Waals surface area contributed by atoms with Crippen LogP contribution < -0.4 is 5.32 Å². The zero-order valence-corrected chi connectivity index (χ0v) is 16.9. The lowest BCUT2D eigenvalue weighted by Crippen LogP contribution is -2.32. The molecule has 5 rings (SSSR count). The molecule has 0 unspecified atom stereocenters. The summed E-state index contributed by atoms with van der Waals surface area (Å²) in [6.07, 6.45) is -3.00. The third kappa shape index (κ3) is 3.91. The molecule has 1 aliphatic rings. The van der Waals surface area contributed by atoms with Crippen LogP contribution >= 0.6 is 0 Å². The molecule has 2 aromatic heterocycles. The predicted molar refractivity (Wildman–Crippen MR) is 112 cm³/mol. The first kappa shape index (κ1) is 20.4. The number of amides is 1. The molecule has 4 aromatic rings. The van der Waals surface area contributed by atoms with Crippen molar-refractivity contribution in [2.75, 3.05) is 13.2 Å². The molecule has 1 aliphatic heterocycles. The first-order chi connectivity index (χ1) is 15.4. The van der Waals surface area contributed by atoms with Crippen molar-refractivity contribution in [3.63, 3.8) is 0 Å². The first-order valence-electron chi connectivity index (χ1n) is 10.3. The molecule has 0 aliphatic carbocycles. The molecule has 32 heavy (non-hydrogen) atoms. The molecule has 1 amide bonds. The van der Waals surface area contributed by atoms with Crippen molar-refractivity contribution in [2.24, 2.45) is 0 Å². The monoisotopic (exact) mass is 440 g/mol. The average Bonchev–Trinajstić information content (AvgIpc) is 3.45. The van der Waals surface area contributed by atoms with E-state index < -0.39 is 17.8 Å². The van der Waals surface area contributed by atoms with E-state index in [4.69, 9.17) is 4.74 Å². The smallest absolute Gasteiger partial charge is 0.376 e. The van der Waals surface area contributed by atoms with E-state index in [0.717, 1.165) is 29.7 Å². The summed E-state index contributed by atoms with van der Waals surface area (Å²) in [5.41, 5.74) is -0.477. The van der Waals surface area contributed by atoms with Gasteiger partial charge in [-0.05, 0) is 35.7 Å². The van der Waals surface area contributed by atoms with Gasteiger partial charge >= 0.3 is 6.18 Å². The van der Waals surface area contributed by atoms with Crippen LogP contribution in [0.3, 0.4) is 0 Å². The van der Waals surface area contributed by atoms with Gasteiger partial charge in [0.05, 0.1) is 11.8 Å². The first-order valence-corrected chi connectivity index (χ1v) is 10.3. The van der Waals surface area contributed by atoms with Gasteiger partial charge in [0.1, 0.15) is 0 Å². The molecular weight excluding hydrogens is 421 g/mol. The second-order valence-electron chi connectivity index (χ2n) is 7.73. The van der Waals surface area contributed by atoms with Gasteiger partial charge in [0, 0.05) is 24.8 Å². The fourth-order valence-corrected chi connectivity index (χ4v) is 3.89. The molecule has 0 bridgehead atoms. The number of halogens is 3. The van der Waals surface area contributed by atoms with Gasteiger partial charge < -0.3 is 10.1 Å². The summed E-state index contributed by atoms with van der Waals surface area (Å²) in [4.78, 5) is 16.8. The largest absolute Gasteiger partial charge is 0.433 e. The fraction of sp³-hybridized carbons (Fsp3) is 0.261. The number of carbonyl (C=O) groups excluding carboxylic acids is 1. The van der Waals surface area contributed by atoms with Crippen LogP contribution in [-0.4, -0.2) is 39.8 Å². The zero-order valence-electron chi connectivity index (χ0n) is 16.9. The highest BCUT2D eigenvalue weighted by atomic mass is 19.4. The molecule has 3 heterocycles. The number of carbonyl (C=O) groups is 1. The SMILES string of the molecule is O=C(NC[C@H]1CCCO1)c1cc2nc(-c3ccc4ccccc4c3)cc(C(F)(F)F)n2n1. The maximum absolute atomic E-state index is 13.8. The van der Waals surface area contributed by atoms with Crippen molar-refractivity contribution >= 4 is 22.3 Å². The van der Waals surface area contributed by atoms with Crippen LogP contribution in [0.5, 0.6) is 0 Å². The van der Waals surface area contributed by atoms with Crippen LogP contribution in [0.2, 0.25) is 0 Å². The summed E-state index contributed by atoms with van der Waals surface area (Å²) in [6.45, 7) is 0.930. The lowest BCUT2D eigenvalue weighted by Gasteiger charge is -2.11. The highest BCUT2D eigenvalue weighted by Crippen LogP contribution is 2.33. The number of rotatable bonds is 4. The van der Waals surface area contributed by atoms with E-state index in [-0.39, 0.29) is 29.7 Å². The van der Waals surface area contributed by atoms with Gasteiger partial charge in [0.15, 0.2) is 17.0 Å². The number of ether oxygens (including phenoxy) is 1. The molecule has 6 nitrogen and oxygen atoms in total. The second-order valence-corrected chi connectivity index (χ2v) is 7.73. The minimum atomic E-state index is -4.68. The van der Waals surface area contributed by atoms with E-state index in [0.29, 0.717) is 16.7 Å². The van der Waals surface area contributed by atoms with Gasteiger partial charge in [-0.1, -0.05) is 36.4 Å². The Balaban J connectivity index is 1.54. The van der Waals surface area contributed by atoms with E-state index in [1.165, 1.54) is 6.07 Å². The quantitative estimate of drug-likeness (QED) is 0.508. The summed E-state index contributed by atoms with van der Waals surface area (Å²) in [5, 5.41) is 8.43. The van der Waals surface area contributed by atoms with Crippen LogP contribution in [0.15, 0.2) is 54.6 Å². The number of fused-ring (bicyclic) bond motifs is 2. The molecule has 1 saturated heterocycles. The number of alkyl halides is 3. The lowest BCUT2D eigenvalue weighted by molar-refractivity contribution is -0.142. The maximum Gasteiger partial charge on any atom is 0.433 e. The number of hydrogen-bond donors (Lipinski definition) is 1. The van der Waals surface area contributed by atoms with Crippen LogP contribution in [-0.2, 0) is 10.9 Å². The minimum Gasteiger partial charge on any atom is -0.376 e. The van der Waals surface area contributed by atoms with Crippen LogP contribution in [0.25, 0.3) is 27.7 Å². The van der Waals surface area contributed by atoms with Crippen molar-refractivity contribution in [2.45, 2.75) is 25.1 Å². The van der Waals surface area contributed by atoms with Crippen LogP contribution in [0, 0.1) is 0 Å². The maximum atomic E-state index is 13.8. The molecule has 1 fully saturated rings. The number of nitrogens with one attached hydrogen (secondary N) is 1. The normalized spacial score (nSPS) is 16.7. The summed E-state index contributed by atoms with van der Waals surface area (Å²) < 4.78 is 47.6. The molecule has 0 saturated carbocycles. The lowest BCUT2D eigenvalue weighted by atomic mass is 10.0. The molecule has 0 spiro atoms. The van der Waals surface area contributed by atoms with Gasteiger partial charge in [-0.3, -0.25) is 4.79 Å². The van der Waals surface area contributed by atoms with Crippen LogP contribution in [0.4, 0.5) is 13.2 Å². The van der Waals surface area contributed by atoms with Crippen molar-refractivity contribution in [1.82, 2.24) is 19.9 Å². The number of aromatic nitrogens is 3. The van der Waals surface area contributed by atoms with E-state index in [2.05, 4.69) is 15.4 Å². The van der Waals surface area contributed by atoms with Crippen molar-refractivity contribution in [1.29, 1.82) is 0 Å². The molecule has 2 aromatic carbocycles. The summed E-state index contributed by atoms with van der Waals surface area (Å²) in [6, 6.07) is 15.2. The number of hydrogen-bond acceptors (Lipinski definition) is 4. The van der Waals surface area contributed by atoms with Crippen molar-refractivity contribution in [3.05, 3.63) is 66.0 Å². The highest BCUT2D eigenvalue weighted by Gasteiger charge is 2.35. The third-order valence-electron chi connectivity index (χ3n) is 5.51. The third-order valence-corrected chi connectivity index (χ3v) is 5.51. The number of nitrogens with zero attached hydrogens (tertiary/aromatic N) is 3. The minimum absolute atomic E-state index is 0.0507. The molecule has 1 atom stereocenters. The Bertz CT molecular complexity index is 1310. The Kier molecular flexibility index (Phi) is 5.05. The van der Waals surface area contributed by atoms with Crippen molar-refractivity contribution in [3.8, 4) is 11.3 Å². The van der Waals surface area contributed by atoms with E-state index in [9.17, 15) is 18.0 Å². The Labute approximate surface area is 181 Å². The van der Waals surface area contributed by atoms with Gasteiger partial charge in [-0.15, -0.1) is 0 Å². The second kappa shape index (κ2) is 7.90. The Morgan fingerprint density at radius 3 is 2.69 bits per heavy atom. The Morgan fingerprint density at radius 2 is 1.94 bits per heavy atom. The van der Waals surface area contributed by atoms with Gasteiger partial charge in [-0.2, -0.15) is 18.3 Å². The molecule has 164 valence electrons. The average molecular weight is 440 g/mol.